The molecule has 0 aliphatic heterocycles. The summed E-state index contributed by atoms with van der Waals surface area (Å²) in [4.78, 5) is 0. The van der Waals surface area contributed by atoms with Gasteiger partial charge in [0, 0.05) is 12.6 Å². The molecule has 0 saturated carbocycles. The summed E-state index contributed by atoms with van der Waals surface area (Å²) >= 11 is 5.53. The van der Waals surface area contributed by atoms with Gasteiger partial charge in [-0.2, -0.15) is 18.3 Å². The van der Waals surface area contributed by atoms with Crippen molar-refractivity contribution in [3.05, 3.63) is 16.9 Å². The third kappa shape index (κ3) is 2.37. The van der Waals surface area contributed by atoms with Gasteiger partial charge in [-0.25, -0.2) is 0 Å². The number of nitrogens with zero attached hydrogens (tertiary/aromatic N) is 2. The normalized spacial score (nSPS) is 12.1. The molecule has 0 bridgehead atoms. The van der Waals surface area contributed by atoms with Gasteiger partial charge in [-0.3, -0.25) is 4.68 Å². The second-order valence-corrected chi connectivity index (χ2v) is 2.96. The SMILES string of the molecule is CCCn1nc(C(F)(F)F)cc1Cl. The molecule has 0 fully saturated rings. The molecule has 13 heavy (non-hydrogen) atoms. The van der Waals surface area contributed by atoms with Crippen molar-refractivity contribution in [2.24, 2.45) is 0 Å². The predicted octanol–water partition coefficient (Wildman–Crippen LogP) is 2.97. The Labute approximate surface area is 78.3 Å². The summed E-state index contributed by atoms with van der Waals surface area (Å²) < 4.78 is 37.4. The molecule has 0 N–H and O–H groups in total. The number of rotatable bonds is 2. The maximum absolute atomic E-state index is 12.1. The highest BCUT2D eigenvalue weighted by atomic mass is 35.5. The van der Waals surface area contributed by atoms with Gasteiger partial charge >= 0.3 is 6.18 Å². The molecule has 0 amide bonds. The fraction of sp³-hybridized carbons (Fsp3) is 0.571. The molecule has 0 aliphatic carbocycles. The largest absolute Gasteiger partial charge is 0.435 e. The molecule has 2 nitrogen and oxygen atoms in total. The maximum Gasteiger partial charge on any atom is 0.435 e. The van der Waals surface area contributed by atoms with E-state index >= 15 is 0 Å². The highest BCUT2D eigenvalue weighted by Crippen LogP contribution is 2.29. The topological polar surface area (TPSA) is 17.8 Å². The van der Waals surface area contributed by atoms with Gasteiger partial charge in [0.25, 0.3) is 0 Å². The Morgan fingerprint density at radius 1 is 1.54 bits per heavy atom. The minimum atomic E-state index is -4.41. The average molecular weight is 213 g/mol. The molecular formula is C7H8ClF3N2. The monoisotopic (exact) mass is 212 g/mol. The van der Waals surface area contributed by atoms with Gasteiger partial charge in [0.2, 0.25) is 0 Å². The smallest absolute Gasteiger partial charge is 0.253 e. The van der Waals surface area contributed by atoms with E-state index in [0.29, 0.717) is 13.0 Å². The van der Waals surface area contributed by atoms with Crippen LogP contribution in [-0.4, -0.2) is 9.78 Å². The van der Waals surface area contributed by atoms with Crippen molar-refractivity contribution >= 4 is 11.6 Å². The van der Waals surface area contributed by atoms with Crippen molar-refractivity contribution in [3.8, 4) is 0 Å². The molecule has 1 aromatic rings. The molecule has 0 radical (unpaired) electrons. The van der Waals surface area contributed by atoms with Crippen LogP contribution < -0.4 is 0 Å². The molecule has 1 heterocycles. The van der Waals surface area contributed by atoms with Gasteiger partial charge in [-0.1, -0.05) is 18.5 Å². The molecule has 0 saturated heterocycles. The molecule has 0 atom stereocenters. The summed E-state index contributed by atoms with van der Waals surface area (Å²) in [5.74, 6) is 0. The van der Waals surface area contributed by atoms with E-state index in [1.807, 2.05) is 6.92 Å². The predicted molar refractivity (Wildman–Crippen MR) is 42.5 cm³/mol. The number of halogens is 4. The zero-order valence-electron chi connectivity index (χ0n) is 6.90. The van der Waals surface area contributed by atoms with Crippen LogP contribution in [0.15, 0.2) is 6.07 Å². The van der Waals surface area contributed by atoms with E-state index in [1.165, 1.54) is 0 Å². The molecule has 0 spiro atoms. The quantitative estimate of drug-likeness (QED) is 0.737. The van der Waals surface area contributed by atoms with E-state index < -0.39 is 11.9 Å². The van der Waals surface area contributed by atoms with Gasteiger partial charge in [0.1, 0.15) is 5.15 Å². The summed E-state index contributed by atoms with van der Waals surface area (Å²) in [5.41, 5.74) is -0.939. The molecule has 1 aromatic heterocycles. The van der Waals surface area contributed by atoms with Crippen LogP contribution in [0.4, 0.5) is 13.2 Å². The summed E-state index contributed by atoms with van der Waals surface area (Å²) in [6.07, 6.45) is -3.72. The zero-order chi connectivity index (χ0) is 10.1. The molecular weight excluding hydrogens is 205 g/mol. The second-order valence-electron chi connectivity index (χ2n) is 2.57. The Morgan fingerprint density at radius 2 is 2.15 bits per heavy atom. The van der Waals surface area contributed by atoms with Gasteiger partial charge < -0.3 is 0 Å². The van der Waals surface area contributed by atoms with E-state index in [4.69, 9.17) is 11.6 Å². The Balaban J connectivity index is 2.95. The summed E-state index contributed by atoms with van der Waals surface area (Å²) in [6, 6.07) is 0.831. The van der Waals surface area contributed by atoms with Crippen LogP contribution in [-0.2, 0) is 12.7 Å². The highest BCUT2D eigenvalue weighted by molar-refractivity contribution is 6.29. The fourth-order valence-electron chi connectivity index (χ4n) is 0.901. The standard InChI is InChI=1S/C7H8ClF3N2/c1-2-3-13-6(8)4-5(12-13)7(9,10)11/h4H,2-3H2,1H3. The lowest BCUT2D eigenvalue weighted by Crippen LogP contribution is -2.07. The molecule has 74 valence electrons. The second kappa shape index (κ2) is 3.57. The summed E-state index contributed by atoms with van der Waals surface area (Å²) in [5, 5.41) is 3.35. The Hall–Kier alpha value is -0.710. The van der Waals surface area contributed by atoms with E-state index in [-0.39, 0.29) is 5.15 Å². The van der Waals surface area contributed by atoms with Gasteiger partial charge in [0.15, 0.2) is 5.69 Å². The van der Waals surface area contributed by atoms with Gasteiger partial charge in [-0.15, -0.1) is 0 Å². The lowest BCUT2D eigenvalue weighted by atomic mass is 10.4. The first-order valence-corrected chi connectivity index (χ1v) is 4.13. The Morgan fingerprint density at radius 3 is 2.54 bits per heavy atom. The van der Waals surface area contributed by atoms with Crippen LogP contribution >= 0.6 is 11.6 Å². The lowest BCUT2D eigenvalue weighted by Gasteiger charge is -2.01. The lowest BCUT2D eigenvalue weighted by molar-refractivity contribution is -0.141. The molecule has 6 heteroatoms. The third-order valence-electron chi connectivity index (χ3n) is 1.46. The van der Waals surface area contributed by atoms with Crippen molar-refractivity contribution in [1.82, 2.24) is 9.78 Å². The average Bonchev–Trinajstić information content (AvgIpc) is 2.32. The first-order valence-electron chi connectivity index (χ1n) is 3.75. The first-order chi connectivity index (χ1) is 5.95. The zero-order valence-corrected chi connectivity index (χ0v) is 7.65. The number of hydrogen-bond acceptors (Lipinski definition) is 1. The highest BCUT2D eigenvalue weighted by Gasteiger charge is 2.34. The van der Waals surface area contributed by atoms with Crippen LogP contribution in [0.5, 0.6) is 0 Å². The number of aromatic nitrogens is 2. The van der Waals surface area contributed by atoms with Crippen molar-refractivity contribution in [1.29, 1.82) is 0 Å². The fourth-order valence-corrected chi connectivity index (χ4v) is 1.13. The summed E-state index contributed by atoms with van der Waals surface area (Å²) in [6.45, 7) is 2.24. The Bertz CT molecular complexity index is 292. The van der Waals surface area contributed by atoms with Crippen molar-refractivity contribution < 1.29 is 13.2 Å². The van der Waals surface area contributed by atoms with Gasteiger partial charge in [-0.05, 0) is 6.42 Å². The van der Waals surface area contributed by atoms with Crippen LogP contribution in [0.2, 0.25) is 5.15 Å². The van der Waals surface area contributed by atoms with Crippen LogP contribution in [0.3, 0.4) is 0 Å². The number of alkyl halides is 3. The van der Waals surface area contributed by atoms with Crippen LogP contribution in [0.25, 0.3) is 0 Å². The summed E-state index contributed by atoms with van der Waals surface area (Å²) in [7, 11) is 0. The first kappa shape index (κ1) is 10.4. The van der Waals surface area contributed by atoms with Crippen molar-refractivity contribution in [2.45, 2.75) is 26.1 Å². The van der Waals surface area contributed by atoms with E-state index in [9.17, 15) is 13.2 Å². The van der Waals surface area contributed by atoms with Crippen molar-refractivity contribution in [3.63, 3.8) is 0 Å². The maximum atomic E-state index is 12.1. The number of aryl methyl sites for hydroxylation is 1. The third-order valence-corrected chi connectivity index (χ3v) is 1.76. The van der Waals surface area contributed by atoms with E-state index in [0.717, 1.165) is 10.7 Å². The van der Waals surface area contributed by atoms with Gasteiger partial charge in [0.05, 0.1) is 0 Å². The number of hydrogen-bond donors (Lipinski definition) is 0. The minimum absolute atomic E-state index is 0.0224. The molecule has 0 unspecified atom stereocenters. The molecule has 0 aromatic carbocycles. The molecule has 1 rings (SSSR count). The Kier molecular flexibility index (Phi) is 2.85. The van der Waals surface area contributed by atoms with E-state index in [1.54, 1.807) is 0 Å². The van der Waals surface area contributed by atoms with E-state index in [2.05, 4.69) is 5.10 Å². The van der Waals surface area contributed by atoms with Crippen molar-refractivity contribution in [2.75, 3.05) is 0 Å². The molecule has 0 aliphatic rings. The minimum Gasteiger partial charge on any atom is -0.253 e. The van der Waals surface area contributed by atoms with Crippen LogP contribution in [0.1, 0.15) is 19.0 Å². The van der Waals surface area contributed by atoms with Crippen LogP contribution in [0, 0.1) is 0 Å².